The number of benzene rings is 1. The van der Waals surface area contributed by atoms with Crippen LogP contribution in [0.1, 0.15) is 44.4 Å². The smallest absolute Gasteiger partial charge is 0.387 e. The highest BCUT2D eigenvalue weighted by Crippen LogP contribution is 2.64. The number of nitrogens with zero attached hydrogens (tertiary/aromatic N) is 5. The molecule has 0 spiro atoms. The number of ether oxygens (including phenoxy) is 1. The zero-order chi connectivity index (χ0) is 21.2. The van der Waals surface area contributed by atoms with Crippen LogP contribution in [0.2, 0.25) is 0 Å². The first-order chi connectivity index (χ1) is 14.9. The Morgan fingerprint density at radius 3 is 2.48 bits per heavy atom. The predicted molar refractivity (Wildman–Crippen MR) is 108 cm³/mol. The lowest BCUT2D eigenvalue weighted by Gasteiger charge is -2.60. The van der Waals surface area contributed by atoms with Gasteiger partial charge in [-0.15, -0.1) is 15.3 Å². The van der Waals surface area contributed by atoms with Crippen molar-refractivity contribution in [3.8, 4) is 17.2 Å². The van der Waals surface area contributed by atoms with Gasteiger partial charge in [-0.25, -0.2) is 9.67 Å². The Kier molecular flexibility index (Phi) is 4.25. The molecule has 3 aromatic rings. The summed E-state index contributed by atoms with van der Waals surface area (Å²) in [5, 5.41) is 13.3. The van der Waals surface area contributed by atoms with Gasteiger partial charge in [-0.3, -0.25) is 0 Å². The summed E-state index contributed by atoms with van der Waals surface area (Å²) in [5.74, 6) is 2.37. The molecular formula is C21H20BrF2N5O2. The van der Waals surface area contributed by atoms with Gasteiger partial charge in [-0.05, 0) is 90.6 Å². The zero-order valence-corrected chi connectivity index (χ0v) is 18.1. The fourth-order valence-electron chi connectivity index (χ4n) is 6.54. The van der Waals surface area contributed by atoms with Crippen LogP contribution in [0.5, 0.6) is 5.75 Å². The summed E-state index contributed by atoms with van der Waals surface area (Å²) in [6.45, 7) is -2.85. The second-order valence-corrected chi connectivity index (χ2v) is 9.95. The summed E-state index contributed by atoms with van der Waals surface area (Å²) in [4.78, 5) is 4.30. The van der Waals surface area contributed by atoms with E-state index in [1.807, 2.05) is 11.0 Å². The fraction of sp³-hybridized carbons (Fsp3) is 0.524. The van der Waals surface area contributed by atoms with E-state index in [1.54, 1.807) is 12.1 Å². The van der Waals surface area contributed by atoms with Gasteiger partial charge >= 0.3 is 6.61 Å². The topological polar surface area (TPSA) is 78.9 Å². The molecule has 0 aliphatic heterocycles. The van der Waals surface area contributed by atoms with E-state index in [2.05, 4.69) is 40.9 Å². The molecule has 31 heavy (non-hydrogen) atoms. The van der Waals surface area contributed by atoms with Crippen molar-refractivity contribution in [1.82, 2.24) is 25.0 Å². The monoisotopic (exact) mass is 491 g/mol. The molecule has 4 aliphatic carbocycles. The van der Waals surface area contributed by atoms with Gasteiger partial charge in [0.05, 0.1) is 11.0 Å². The Balaban J connectivity index is 1.32. The van der Waals surface area contributed by atoms with Crippen molar-refractivity contribution in [2.75, 3.05) is 0 Å². The molecule has 1 aromatic carbocycles. The van der Waals surface area contributed by atoms with Crippen LogP contribution in [0.25, 0.3) is 11.5 Å². The van der Waals surface area contributed by atoms with Crippen LogP contribution in [-0.2, 0) is 11.0 Å². The number of halogens is 3. The number of alkyl halides is 2. The summed E-state index contributed by atoms with van der Waals surface area (Å²) >= 11 is 3.38. The molecule has 4 fully saturated rings. The van der Waals surface area contributed by atoms with Crippen molar-refractivity contribution < 1.29 is 17.9 Å². The highest BCUT2D eigenvalue weighted by molar-refractivity contribution is 9.10. The van der Waals surface area contributed by atoms with Crippen molar-refractivity contribution in [2.45, 2.75) is 56.1 Å². The Labute approximate surface area is 185 Å². The molecule has 2 unspecified atom stereocenters. The lowest BCUT2D eigenvalue weighted by Crippen LogP contribution is -2.58. The van der Waals surface area contributed by atoms with Crippen LogP contribution in [0.3, 0.4) is 0 Å². The second-order valence-electron chi connectivity index (χ2n) is 9.24. The Hall–Kier alpha value is -2.36. The summed E-state index contributed by atoms with van der Waals surface area (Å²) < 4.78 is 38.0. The molecule has 7 rings (SSSR count). The third kappa shape index (κ3) is 3.18. The Bertz CT molecular complexity index is 1100. The van der Waals surface area contributed by atoms with Gasteiger partial charge < -0.3 is 9.15 Å². The average molecular weight is 492 g/mol. The van der Waals surface area contributed by atoms with Crippen LogP contribution >= 0.6 is 15.9 Å². The van der Waals surface area contributed by atoms with Gasteiger partial charge in [0.25, 0.3) is 0 Å². The van der Waals surface area contributed by atoms with Crippen LogP contribution in [-0.4, -0.2) is 31.6 Å². The predicted octanol–water partition coefficient (Wildman–Crippen LogP) is 4.94. The minimum atomic E-state index is -2.85. The number of hydrogen-bond acceptors (Lipinski definition) is 6. The maximum absolute atomic E-state index is 12.4. The first kappa shape index (κ1) is 19.3. The van der Waals surface area contributed by atoms with Gasteiger partial charge in [0, 0.05) is 5.56 Å². The molecule has 162 valence electrons. The number of rotatable bonds is 5. The normalized spacial score (nSPS) is 31.5. The maximum Gasteiger partial charge on any atom is 0.387 e. The molecule has 2 aromatic heterocycles. The van der Waals surface area contributed by atoms with Gasteiger partial charge in [-0.1, -0.05) is 0 Å². The van der Waals surface area contributed by atoms with Gasteiger partial charge in [0.15, 0.2) is 0 Å². The summed E-state index contributed by atoms with van der Waals surface area (Å²) in [6.07, 6.45) is 8.28. The second kappa shape index (κ2) is 6.82. The molecule has 7 nitrogen and oxygen atoms in total. The Morgan fingerprint density at radius 1 is 1.10 bits per heavy atom. The SMILES string of the molecule is FC(F)Oc1ccc(-c2nnc(C34CC5CC(C3)CC(n3cnc(Br)n3)(C5)C4)o2)cc1. The summed E-state index contributed by atoms with van der Waals surface area (Å²) in [5.41, 5.74) is 0.457. The van der Waals surface area contributed by atoms with Crippen molar-refractivity contribution >= 4 is 15.9 Å². The molecule has 2 heterocycles. The van der Waals surface area contributed by atoms with E-state index in [-0.39, 0.29) is 16.7 Å². The van der Waals surface area contributed by atoms with E-state index in [0.29, 0.717) is 33.9 Å². The molecule has 0 N–H and O–H groups in total. The van der Waals surface area contributed by atoms with Crippen molar-refractivity contribution in [1.29, 1.82) is 0 Å². The third-order valence-corrected chi connectivity index (χ3v) is 7.55. The van der Waals surface area contributed by atoms with E-state index in [0.717, 1.165) is 32.1 Å². The van der Waals surface area contributed by atoms with E-state index in [9.17, 15) is 8.78 Å². The minimum Gasteiger partial charge on any atom is -0.435 e. The van der Waals surface area contributed by atoms with Crippen molar-refractivity contribution in [3.63, 3.8) is 0 Å². The molecular weight excluding hydrogens is 472 g/mol. The van der Waals surface area contributed by atoms with E-state index in [1.165, 1.54) is 18.6 Å². The molecule has 0 radical (unpaired) electrons. The standard InChI is InChI=1S/C21H20BrF2N5O2/c22-18-25-11-29(28-18)21-8-12-5-13(9-21)7-20(6-12,10-21)17-27-26-16(31-17)14-1-3-15(4-2-14)30-19(23)24/h1-4,11-13,19H,5-10H2. The van der Waals surface area contributed by atoms with Gasteiger partial charge in [0.2, 0.25) is 16.5 Å². The third-order valence-electron chi connectivity index (χ3n) is 7.19. The minimum absolute atomic E-state index is 0.0635. The van der Waals surface area contributed by atoms with Crippen molar-refractivity contribution in [2.24, 2.45) is 11.8 Å². The molecule has 4 saturated carbocycles. The van der Waals surface area contributed by atoms with Crippen LogP contribution in [0.15, 0.2) is 39.7 Å². The van der Waals surface area contributed by atoms with Crippen molar-refractivity contribution in [3.05, 3.63) is 41.2 Å². The highest BCUT2D eigenvalue weighted by Gasteiger charge is 2.61. The van der Waals surface area contributed by atoms with Gasteiger partial charge in [0.1, 0.15) is 12.1 Å². The largest absolute Gasteiger partial charge is 0.435 e. The lowest BCUT2D eigenvalue weighted by atomic mass is 9.47. The molecule has 0 amide bonds. The fourth-order valence-corrected chi connectivity index (χ4v) is 6.80. The quantitative estimate of drug-likeness (QED) is 0.502. The highest BCUT2D eigenvalue weighted by atomic mass is 79.9. The lowest BCUT2D eigenvalue weighted by molar-refractivity contribution is -0.0773. The molecule has 10 heteroatoms. The van der Waals surface area contributed by atoms with Crippen LogP contribution in [0, 0.1) is 11.8 Å². The van der Waals surface area contributed by atoms with E-state index >= 15 is 0 Å². The van der Waals surface area contributed by atoms with Gasteiger partial charge in [-0.2, -0.15) is 8.78 Å². The Morgan fingerprint density at radius 2 is 1.84 bits per heavy atom. The van der Waals surface area contributed by atoms with E-state index in [4.69, 9.17) is 4.42 Å². The van der Waals surface area contributed by atoms with Crippen LogP contribution in [0.4, 0.5) is 8.78 Å². The first-order valence-electron chi connectivity index (χ1n) is 10.4. The molecule has 4 bridgehead atoms. The summed E-state index contributed by atoms with van der Waals surface area (Å²) in [7, 11) is 0. The summed E-state index contributed by atoms with van der Waals surface area (Å²) in [6, 6.07) is 6.27. The molecule has 0 saturated heterocycles. The number of aromatic nitrogens is 5. The number of hydrogen-bond donors (Lipinski definition) is 0. The average Bonchev–Trinajstić information content (AvgIpc) is 3.37. The molecule has 4 aliphatic rings. The van der Waals surface area contributed by atoms with Crippen LogP contribution < -0.4 is 4.74 Å². The first-order valence-corrected chi connectivity index (χ1v) is 11.2. The zero-order valence-electron chi connectivity index (χ0n) is 16.5. The molecule has 2 atom stereocenters. The maximum atomic E-state index is 12.4. The van der Waals surface area contributed by atoms with E-state index < -0.39 is 6.61 Å².